The maximum absolute atomic E-state index is 5.99. The average Bonchev–Trinajstić information content (AvgIpc) is 2.71. The van der Waals surface area contributed by atoms with Crippen molar-refractivity contribution in [2.75, 3.05) is 5.73 Å². The van der Waals surface area contributed by atoms with Gasteiger partial charge in [0.1, 0.15) is 5.82 Å². The van der Waals surface area contributed by atoms with Crippen LogP contribution in [0.1, 0.15) is 0 Å². The van der Waals surface area contributed by atoms with Crippen LogP contribution < -0.4 is 5.73 Å². The zero-order chi connectivity index (χ0) is 13.6. The van der Waals surface area contributed by atoms with Crippen LogP contribution in [0.2, 0.25) is 10.0 Å². The summed E-state index contributed by atoms with van der Waals surface area (Å²) in [5.41, 5.74) is 8.99. The maximum atomic E-state index is 5.99. The summed E-state index contributed by atoms with van der Waals surface area (Å²) in [6.07, 6.45) is 0. The number of hydrogen-bond acceptors (Lipinski definition) is 2. The standard InChI is InChI=1S/C13H8BrCl2N3/c14-7-1-6(2-8(17)3-7)13-18-11-4-9(15)10(16)5-12(11)19-13/h1-5H,17H2,(H,18,19). The zero-order valence-corrected chi connectivity index (χ0v) is 12.6. The van der Waals surface area contributed by atoms with Crippen molar-refractivity contribution in [2.24, 2.45) is 0 Å². The van der Waals surface area contributed by atoms with Gasteiger partial charge in [-0.1, -0.05) is 39.1 Å². The van der Waals surface area contributed by atoms with E-state index in [1.54, 1.807) is 12.1 Å². The zero-order valence-electron chi connectivity index (χ0n) is 9.55. The molecule has 19 heavy (non-hydrogen) atoms. The smallest absolute Gasteiger partial charge is 0.138 e. The first-order valence-electron chi connectivity index (χ1n) is 5.44. The molecule has 1 aromatic heterocycles. The van der Waals surface area contributed by atoms with E-state index in [0.29, 0.717) is 15.7 Å². The van der Waals surface area contributed by atoms with Gasteiger partial charge in [-0.05, 0) is 30.3 Å². The lowest BCUT2D eigenvalue weighted by molar-refractivity contribution is 1.33. The Morgan fingerprint density at radius 2 is 1.79 bits per heavy atom. The van der Waals surface area contributed by atoms with Gasteiger partial charge in [0.25, 0.3) is 0 Å². The van der Waals surface area contributed by atoms with Crippen LogP contribution in [0.4, 0.5) is 5.69 Å². The molecule has 0 radical (unpaired) electrons. The summed E-state index contributed by atoms with van der Waals surface area (Å²) in [5.74, 6) is 0.723. The highest BCUT2D eigenvalue weighted by molar-refractivity contribution is 9.10. The van der Waals surface area contributed by atoms with Crippen molar-refractivity contribution in [3.63, 3.8) is 0 Å². The van der Waals surface area contributed by atoms with Crippen molar-refractivity contribution in [1.82, 2.24) is 9.97 Å². The first-order valence-corrected chi connectivity index (χ1v) is 6.99. The molecule has 0 unspecified atom stereocenters. The lowest BCUT2D eigenvalue weighted by atomic mass is 10.2. The highest BCUT2D eigenvalue weighted by atomic mass is 79.9. The van der Waals surface area contributed by atoms with Crippen LogP contribution in [0.3, 0.4) is 0 Å². The molecule has 0 bridgehead atoms. The van der Waals surface area contributed by atoms with E-state index in [9.17, 15) is 0 Å². The minimum Gasteiger partial charge on any atom is -0.399 e. The first-order chi connectivity index (χ1) is 9.02. The number of rotatable bonds is 1. The molecule has 1 heterocycles. The molecule has 0 atom stereocenters. The van der Waals surface area contributed by atoms with Crippen LogP contribution in [0.25, 0.3) is 22.4 Å². The molecule has 0 aliphatic rings. The summed E-state index contributed by atoms with van der Waals surface area (Å²) in [6.45, 7) is 0. The lowest BCUT2D eigenvalue weighted by Gasteiger charge is -2.00. The number of imidazole rings is 1. The van der Waals surface area contributed by atoms with E-state index in [1.807, 2.05) is 18.2 Å². The number of anilines is 1. The Hall–Kier alpha value is -1.23. The molecular weight excluding hydrogens is 349 g/mol. The number of aromatic nitrogens is 2. The van der Waals surface area contributed by atoms with E-state index < -0.39 is 0 Å². The Bertz CT molecular complexity index is 724. The molecule has 0 spiro atoms. The SMILES string of the molecule is Nc1cc(Br)cc(-c2nc3cc(Cl)c(Cl)cc3[nH]2)c1. The molecule has 2 aromatic carbocycles. The first kappa shape index (κ1) is 12.8. The van der Waals surface area contributed by atoms with Crippen LogP contribution >= 0.6 is 39.1 Å². The Kier molecular flexibility index (Phi) is 3.17. The third kappa shape index (κ3) is 2.43. The van der Waals surface area contributed by atoms with E-state index in [2.05, 4.69) is 25.9 Å². The number of aromatic amines is 1. The fourth-order valence-electron chi connectivity index (χ4n) is 1.89. The van der Waals surface area contributed by atoms with E-state index in [-0.39, 0.29) is 0 Å². The summed E-state index contributed by atoms with van der Waals surface area (Å²) >= 11 is 15.4. The predicted molar refractivity (Wildman–Crippen MR) is 83.7 cm³/mol. The minimum absolute atomic E-state index is 0.487. The molecule has 0 fully saturated rings. The highest BCUT2D eigenvalue weighted by Gasteiger charge is 2.09. The molecule has 3 nitrogen and oxygen atoms in total. The number of fused-ring (bicyclic) bond motifs is 1. The van der Waals surface area contributed by atoms with Crippen LogP contribution in [0.15, 0.2) is 34.8 Å². The molecule has 0 saturated carbocycles. The molecule has 96 valence electrons. The van der Waals surface area contributed by atoms with Crippen molar-refractivity contribution in [3.05, 3.63) is 44.8 Å². The highest BCUT2D eigenvalue weighted by Crippen LogP contribution is 2.30. The minimum atomic E-state index is 0.487. The summed E-state index contributed by atoms with van der Waals surface area (Å²) in [6, 6.07) is 9.13. The molecule has 6 heteroatoms. The lowest BCUT2D eigenvalue weighted by Crippen LogP contribution is -1.87. The van der Waals surface area contributed by atoms with Crippen LogP contribution in [-0.4, -0.2) is 9.97 Å². The summed E-state index contributed by atoms with van der Waals surface area (Å²) < 4.78 is 0.902. The number of H-pyrrole nitrogens is 1. The summed E-state index contributed by atoms with van der Waals surface area (Å²) in [4.78, 5) is 7.70. The van der Waals surface area contributed by atoms with Gasteiger partial charge in [0, 0.05) is 15.7 Å². The van der Waals surface area contributed by atoms with Gasteiger partial charge in [-0.3, -0.25) is 0 Å². The quantitative estimate of drug-likeness (QED) is 0.610. The number of hydrogen-bond donors (Lipinski definition) is 2. The van der Waals surface area contributed by atoms with Gasteiger partial charge >= 0.3 is 0 Å². The Morgan fingerprint density at radius 3 is 2.53 bits per heavy atom. The van der Waals surface area contributed by atoms with Gasteiger partial charge in [0.2, 0.25) is 0 Å². The maximum Gasteiger partial charge on any atom is 0.138 e. The average molecular weight is 357 g/mol. The van der Waals surface area contributed by atoms with Crippen LogP contribution in [0, 0.1) is 0 Å². The Labute approximate surface area is 127 Å². The van der Waals surface area contributed by atoms with E-state index in [0.717, 1.165) is 26.9 Å². The Balaban J connectivity index is 2.20. The van der Waals surface area contributed by atoms with Crippen molar-refractivity contribution < 1.29 is 0 Å². The monoisotopic (exact) mass is 355 g/mol. The normalized spacial score (nSPS) is 11.1. The van der Waals surface area contributed by atoms with Crippen molar-refractivity contribution in [2.45, 2.75) is 0 Å². The van der Waals surface area contributed by atoms with Crippen molar-refractivity contribution in [1.29, 1.82) is 0 Å². The number of nitrogen functional groups attached to an aromatic ring is 1. The van der Waals surface area contributed by atoms with E-state index in [1.165, 1.54) is 0 Å². The molecule has 0 aliphatic carbocycles. The predicted octanol–water partition coefficient (Wildman–Crippen LogP) is 4.88. The van der Waals surface area contributed by atoms with Crippen molar-refractivity contribution >= 4 is 55.9 Å². The summed E-state index contributed by atoms with van der Waals surface area (Å²) in [5, 5.41) is 0.985. The van der Waals surface area contributed by atoms with Gasteiger partial charge in [-0.2, -0.15) is 0 Å². The fourth-order valence-corrected chi connectivity index (χ4v) is 2.72. The summed E-state index contributed by atoms with van der Waals surface area (Å²) in [7, 11) is 0. The molecule has 0 saturated heterocycles. The van der Waals surface area contributed by atoms with Gasteiger partial charge in [0.15, 0.2) is 0 Å². The van der Waals surface area contributed by atoms with Gasteiger partial charge < -0.3 is 10.7 Å². The molecule has 0 amide bonds. The Morgan fingerprint density at radius 1 is 1.05 bits per heavy atom. The second-order valence-corrected chi connectivity index (χ2v) is 5.87. The third-order valence-corrected chi connectivity index (χ3v) is 3.90. The molecule has 3 N–H and O–H groups in total. The van der Waals surface area contributed by atoms with E-state index >= 15 is 0 Å². The molecule has 3 rings (SSSR count). The number of nitrogens with one attached hydrogen (secondary N) is 1. The number of nitrogens with two attached hydrogens (primary N) is 1. The second kappa shape index (κ2) is 4.71. The third-order valence-electron chi connectivity index (χ3n) is 2.72. The molecule has 0 aliphatic heterocycles. The second-order valence-electron chi connectivity index (χ2n) is 4.14. The van der Waals surface area contributed by atoms with Gasteiger partial charge in [-0.25, -0.2) is 4.98 Å². The van der Waals surface area contributed by atoms with Crippen molar-refractivity contribution in [3.8, 4) is 11.4 Å². The van der Waals surface area contributed by atoms with Gasteiger partial charge in [0.05, 0.1) is 21.1 Å². The molecule has 3 aromatic rings. The largest absolute Gasteiger partial charge is 0.399 e. The number of nitrogens with zero attached hydrogens (tertiary/aromatic N) is 1. The van der Waals surface area contributed by atoms with Gasteiger partial charge in [-0.15, -0.1) is 0 Å². The number of halogens is 3. The fraction of sp³-hybridized carbons (Fsp3) is 0. The molecular formula is C13H8BrCl2N3. The van der Waals surface area contributed by atoms with Crippen LogP contribution in [-0.2, 0) is 0 Å². The topological polar surface area (TPSA) is 54.7 Å². The van der Waals surface area contributed by atoms with E-state index in [4.69, 9.17) is 28.9 Å². The number of benzene rings is 2. The van der Waals surface area contributed by atoms with Crippen LogP contribution in [0.5, 0.6) is 0 Å².